The molecular formula is C24H34N2O2. The molecule has 0 aliphatic rings. The minimum absolute atomic E-state index is 0.168. The van der Waals surface area contributed by atoms with Gasteiger partial charge in [-0.15, -0.1) is 0 Å². The first-order valence-corrected chi connectivity index (χ1v) is 10.3. The van der Waals surface area contributed by atoms with Crippen LogP contribution in [-0.2, 0) is 12.8 Å². The highest BCUT2D eigenvalue weighted by atomic mass is 16.3. The fourth-order valence-electron chi connectivity index (χ4n) is 3.39. The Bertz CT molecular complexity index is 814. The van der Waals surface area contributed by atoms with Gasteiger partial charge in [0.25, 0.3) is 0 Å². The third-order valence-electron chi connectivity index (χ3n) is 5.05. The van der Waals surface area contributed by atoms with Gasteiger partial charge in [0.15, 0.2) is 0 Å². The lowest BCUT2D eigenvalue weighted by molar-refractivity contribution is 0.440. The maximum atomic E-state index is 11.0. The summed E-state index contributed by atoms with van der Waals surface area (Å²) in [6.07, 6.45) is 14.5. The zero-order valence-corrected chi connectivity index (χ0v) is 17.7. The van der Waals surface area contributed by atoms with E-state index < -0.39 is 0 Å². The average Bonchev–Trinajstić information content (AvgIpc) is 3.15. The normalized spacial score (nSPS) is 11.6. The molecule has 0 saturated carbocycles. The van der Waals surface area contributed by atoms with Crippen molar-refractivity contribution in [3.8, 4) is 22.6 Å². The van der Waals surface area contributed by atoms with Gasteiger partial charge in [-0.25, -0.2) is 0 Å². The molecule has 0 aliphatic carbocycles. The Morgan fingerprint density at radius 3 is 2.57 bits per heavy atom. The number of allylic oxidation sites excluding steroid dienone is 4. The first kappa shape index (κ1) is 21.8. The minimum Gasteiger partial charge on any atom is -0.508 e. The Morgan fingerprint density at radius 2 is 1.93 bits per heavy atom. The molecule has 0 amide bonds. The first-order chi connectivity index (χ1) is 13.4. The lowest BCUT2D eigenvalue weighted by Crippen LogP contribution is -1.96. The summed E-state index contributed by atoms with van der Waals surface area (Å²) >= 11 is 0. The van der Waals surface area contributed by atoms with Crippen molar-refractivity contribution < 1.29 is 10.2 Å². The van der Waals surface area contributed by atoms with E-state index >= 15 is 0 Å². The molecule has 152 valence electrons. The standard InChI is InChI=1S/C24H34N2O2/c1-5-6-7-11-19-14-22(27)21(13-12-18(4)10-8-9-17(2)3)24(28)23(19)20-15-25-26-16-20/h9,12,14-16,27-28H,5-8,10-11,13H2,1-4H3,(H,25,26)/b18-12+. The van der Waals surface area contributed by atoms with Crippen LogP contribution in [-0.4, -0.2) is 20.4 Å². The van der Waals surface area contributed by atoms with E-state index in [2.05, 4.69) is 50.0 Å². The lowest BCUT2D eigenvalue weighted by Gasteiger charge is -2.15. The SMILES string of the molecule is CCCCCc1cc(O)c(C/C=C(\C)CCC=C(C)C)c(O)c1-c1cn[nH]c1. The number of aromatic amines is 1. The number of hydrogen-bond acceptors (Lipinski definition) is 3. The predicted octanol–water partition coefficient (Wildman–Crippen LogP) is 6.46. The van der Waals surface area contributed by atoms with Gasteiger partial charge < -0.3 is 10.2 Å². The van der Waals surface area contributed by atoms with Crippen LogP contribution < -0.4 is 0 Å². The van der Waals surface area contributed by atoms with E-state index in [1.54, 1.807) is 12.4 Å². The molecule has 0 bridgehead atoms. The smallest absolute Gasteiger partial charge is 0.130 e. The molecule has 4 heteroatoms. The molecule has 2 rings (SSSR count). The van der Waals surface area contributed by atoms with Crippen molar-refractivity contribution in [2.45, 2.75) is 72.6 Å². The van der Waals surface area contributed by atoms with E-state index in [0.29, 0.717) is 12.0 Å². The van der Waals surface area contributed by atoms with Crippen LogP contribution in [0.5, 0.6) is 11.5 Å². The number of benzene rings is 1. The van der Waals surface area contributed by atoms with Crippen LogP contribution in [0, 0.1) is 0 Å². The van der Waals surface area contributed by atoms with Crippen LogP contribution in [0.1, 0.15) is 70.9 Å². The zero-order chi connectivity index (χ0) is 20.5. The van der Waals surface area contributed by atoms with Gasteiger partial charge >= 0.3 is 0 Å². The maximum absolute atomic E-state index is 11.0. The van der Waals surface area contributed by atoms with Crippen molar-refractivity contribution in [3.63, 3.8) is 0 Å². The molecule has 0 fully saturated rings. The first-order valence-electron chi connectivity index (χ1n) is 10.3. The number of aromatic nitrogens is 2. The third-order valence-corrected chi connectivity index (χ3v) is 5.05. The Hall–Kier alpha value is -2.49. The molecule has 0 spiro atoms. The molecule has 1 aromatic carbocycles. The zero-order valence-electron chi connectivity index (χ0n) is 17.7. The van der Waals surface area contributed by atoms with Gasteiger partial charge in [0.05, 0.1) is 6.20 Å². The summed E-state index contributed by atoms with van der Waals surface area (Å²) in [7, 11) is 0. The molecule has 0 radical (unpaired) electrons. The summed E-state index contributed by atoms with van der Waals surface area (Å²) < 4.78 is 0. The summed E-state index contributed by atoms with van der Waals surface area (Å²) in [4.78, 5) is 0. The molecule has 3 N–H and O–H groups in total. The highest BCUT2D eigenvalue weighted by Gasteiger charge is 2.18. The molecule has 2 aromatic rings. The molecule has 0 atom stereocenters. The average molecular weight is 383 g/mol. The van der Waals surface area contributed by atoms with Gasteiger partial charge in [0, 0.05) is 22.9 Å². The van der Waals surface area contributed by atoms with Crippen LogP contribution in [0.3, 0.4) is 0 Å². The van der Waals surface area contributed by atoms with Gasteiger partial charge in [-0.1, -0.05) is 43.1 Å². The number of aromatic hydroxyl groups is 2. The fraction of sp³-hybridized carbons (Fsp3) is 0.458. The Balaban J connectivity index is 2.30. The third kappa shape index (κ3) is 6.01. The topological polar surface area (TPSA) is 69.1 Å². The summed E-state index contributed by atoms with van der Waals surface area (Å²) in [5.74, 6) is 0.339. The number of nitrogens with one attached hydrogen (secondary N) is 1. The summed E-state index contributed by atoms with van der Waals surface area (Å²) in [6, 6.07) is 1.82. The fourth-order valence-corrected chi connectivity index (χ4v) is 3.39. The Kier molecular flexibility index (Phi) is 8.37. The second-order valence-electron chi connectivity index (χ2n) is 7.78. The quantitative estimate of drug-likeness (QED) is 0.326. The van der Waals surface area contributed by atoms with Crippen LogP contribution in [0.15, 0.2) is 41.8 Å². The molecule has 1 heterocycles. The van der Waals surface area contributed by atoms with Gasteiger partial charge in [-0.05, 0) is 64.5 Å². The second-order valence-corrected chi connectivity index (χ2v) is 7.78. The molecule has 0 saturated heterocycles. The predicted molar refractivity (Wildman–Crippen MR) is 117 cm³/mol. The number of phenolic OH excluding ortho intramolecular Hbond substituents is 2. The highest BCUT2D eigenvalue weighted by Crippen LogP contribution is 2.41. The van der Waals surface area contributed by atoms with Crippen molar-refractivity contribution in [2.24, 2.45) is 0 Å². The largest absolute Gasteiger partial charge is 0.508 e. The van der Waals surface area contributed by atoms with Crippen LogP contribution in [0.2, 0.25) is 0 Å². The van der Waals surface area contributed by atoms with Gasteiger partial charge in [-0.3, -0.25) is 5.10 Å². The number of aryl methyl sites for hydroxylation is 1. The highest BCUT2D eigenvalue weighted by molar-refractivity contribution is 5.76. The van der Waals surface area contributed by atoms with Crippen molar-refractivity contribution in [2.75, 3.05) is 0 Å². The van der Waals surface area contributed by atoms with Crippen molar-refractivity contribution in [3.05, 3.63) is 52.9 Å². The van der Waals surface area contributed by atoms with E-state index in [0.717, 1.165) is 55.2 Å². The molecule has 0 aliphatic heterocycles. The number of hydrogen-bond donors (Lipinski definition) is 3. The van der Waals surface area contributed by atoms with Crippen molar-refractivity contribution in [1.82, 2.24) is 10.2 Å². The molecular weight excluding hydrogens is 348 g/mol. The van der Waals surface area contributed by atoms with Crippen LogP contribution in [0.4, 0.5) is 0 Å². The number of phenols is 2. The summed E-state index contributed by atoms with van der Waals surface area (Å²) in [6.45, 7) is 8.48. The van der Waals surface area contributed by atoms with Crippen molar-refractivity contribution >= 4 is 0 Å². The summed E-state index contributed by atoms with van der Waals surface area (Å²) in [5.41, 5.74) is 5.78. The number of unbranched alkanes of at least 4 members (excludes halogenated alkanes) is 2. The number of H-pyrrole nitrogens is 1. The lowest BCUT2D eigenvalue weighted by atomic mass is 9.92. The van der Waals surface area contributed by atoms with Crippen molar-refractivity contribution in [1.29, 1.82) is 0 Å². The Morgan fingerprint density at radius 1 is 1.14 bits per heavy atom. The monoisotopic (exact) mass is 382 g/mol. The second kappa shape index (κ2) is 10.7. The van der Waals surface area contributed by atoms with E-state index in [1.807, 2.05) is 6.07 Å². The number of rotatable bonds is 10. The van der Waals surface area contributed by atoms with Gasteiger partial charge in [0.1, 0.15) is 11.5 Å². The van der Waals surface area contributed by atoms with Crippen LogP contribution >= 0.6 is 0 Å². The maximum Gasteiger partial charge on any atom is 0.130 e. The van der Waals surface area contributed by atoms with Gasteiger partial charge in [-0.2, -0.15) is 5.10 Å². The van der Waals surface area contributed by atoms with Crippen LogP contribution in [0.25, 0.3) is 11.1 Å². The number of nitrogens with zero attached hydrogens (tertiary/aromatic N) is 1. The van der Waals surface area contributed by atoms with E-state index in [1.165, 1.54) is 11.1 Å². The summed E-state index contributed by atoms with van der Waals surface area (Å²) in [5, 5.41) is 28.5. The molecule has 28 heavy (non-hydrogen) atoms. The van der Waals surface area contributed by atoms with E-state index in [-0.39, 0.29) is 11.5 Å². The molecule has 0 unspecified atom stereocenters. The molecule has 1 aromatic heterocycles. The minimum atomic E-state index is 0.168. The van der Waals surface area contributed by atoms with E-state index in [4.69, 9.17) is 0 Å². The Labute approximate surface area is 169 Å². The molecule has 4 nitrogen and oxygen atoms in total. The van der Waals surface area contributed by atoms with E-state index in [9.17, 15) is 10.2 Å². The van der Waals surface area contributed by atoms with Gasteiger partial charge in [0.2, 0.25) is 0 Å².